The lowest BCUT2D eigenvalue weighted by Crippen LogP contribution is -2.54. The molecule has 0 saturated heterocycles. The first kappa shape index (κ1) is 30.9. The van der Waals surface area contributed by atoms with Crippen LogP contribution in [-0.2, 0) is 26.2 Å². The van der Waals surface area contributed by atoms with E-state index in [1.807, 2.05) is 70.2 Å². The zero-order chi connectivity index (χ0) is 29.7. The maximum Gasteiger partial charge on any atom is 0.264 e. The van der Waals surface area contributed by atoms with Crippen molar-refractivity contribution in [1.82, 2.24) is 10.2 Å². The first-order valence-corrected chi connectivity index (χ1v) is 15.0. The van der Waals surface area contributed by atoms with Crippen LogP contribution >= 0.6 is 0 Å². The first-order chi connectivity index (χ1) is 18.7. The van der Waals surface area contributed by atoms with E-state index in [1.165, 1.54) is 4.90 Å². The van der Waals surface area contributed by atoms with Crippen LogP contribution in [0.1, 0.15) is 64.2 Å². The van der Waals surface area contributed by atoms with Gasteiger partial charge in [-0.2, -0.15) is 0 Å². The summed E-state index contributed by atoms with van der Waals surface area (Å²) in [6.45, 7) is 13.0. The molecule has 1 atom stereocenters. The van der Waals surface area contributed by atoms with Crippen LogP contribution in [0.5, 0.6) is 0 Å². The predicted octanol–water partition coefficient (Wildman–Crippen LogP) is 5.65. The Labute approximate surface area is 239 Å². The zero-order valence-corrected chi connectivity index (χ0v) is 25.3. The van der Waals surface area contributed by atoms with E-state index in [4.69, 9.17) is 0 Å². The zero-order valence-electron chi connectivity index (χ0n) is 24.5. The third-order valence-corrected chi connectivity index (χ3v) is 8.38. The number of rotatable bonds is 10. The van der Waals surface area contributed by atoms with Gasteiger partial charge < -0.3 is 10.2 Å². The Morgan fingerprint density at radius 1 is 0.850 bits per heavy atom. The summed E-state index contributed by atoms with van der Waals surface area (Å²) in [6, 6.07) is 22.3. The van der Waals surface area contributed by atoms with E-state index >= 15 is 0 Å². The lowest BCUT2D eigenvalue weighted by molar-refractivity contribution is -0.140. The van der Waals surface area contributed by atoms with Crippen molar-refractivity contribution >= 4 is 27.5 Å². The molecule has 0 aliphatic heterocycles. The van der Waals surface area contributed by atoms with Crippen molar-refractivity contribution in [1.29, 1.82) is 0 Å². The maximum atomic E-state index is 14.0. The van der Waals surface area contributed by atoms with Gasteiger partial charge in [-0.05, 0) is 75.9 Å². The van der Waals surface area contributed by atoms with Gasteiger partial charge in [-0.3, -0.25) is 13.9 Å². The predicted molar refractivity (Wildman–Crippen MR) is 161 cm³/mol. The molecule has 0 aromatic heterocycles. The Bertz CT molecular complexity index is 1400. The molecule has 0 spiro atoms. The minimum absolute atomic E-state index is 0.0898. The molecule has 7 nitrogen and oxygen atoms in total. The van der Waals surface area contributed by atoms with Crippen molar-refractivity contribution in [3.63, 3.8) is 0 Å². The summed E-state index contributed by atoms with van der Waals surface area (Å²) >= 11 is 0. The minimum Gasteiger partial charge on any atom is -0.350 e. The first-order valence-electron chi connectivity index (χ1n) is 13.5. The Kier molecular flexibility index (Phi) is 9.79. The largest absolute Gasteiger partial charge is 0.350 e. The average molecular weight is 564 g/mol. The van der Waals surface area contributed by atoms with Gasteiger partial charge in [0.05, 0.1) is 10.6 Å². The van der Waals surface area contributed by atoms with E-state index < -0.39 is 34.1 Å². The Morgan fingerprint density at radius 2 is 1.43 bits per heavy atom. The Hall–Kier alpha value is -3.65. The smallest absolute Gasteiger partial charge is 0.264 e. The normalized spacial score (nSPS) is 12.6. The van der Waals surface area contributed by atoms with E-state index in [1.54, 1.807) is 43.3 Å². The number of nitrogens with zero attached hydrogens (tertiary/aromatic N) is 2. The molecule has 0 fully saturated rings. The molecular weight excluding hydrogens is 522 g/mol. The Balaban J connectivity index is 2.04. The SMILES string of the molecule is Cc1ccc(S(=O)(=O)N(CC(=O)N(Cc2ccccc2)C(C)C(=O)NC(C)(C)C)c2ccc(C(C)C)cc2)cc1. The molecule has 214 valence electrons. The molecule has 3 rings (SSSR count). The summed E-state index contributed by atoms with van der Waals surface area (Å²) in [7, 11) is -4.09. The molecule has 0 saturated carbocycles. The van der Waals surface area contributed by atoms with Crippen LogP contribution in [0.15, 0.2) is 83.8 Å². The highest BCUT2D eigenvalue weighted by atomic mass is 32.2. The van der Waals surface area contributed by atoms with Crippen LogP contribution in [0.25, 0.3) is 0 Å². The molecule has 0 heterocycles. The number of hydrogen-bond acceptors (Lipinski definition) is 4. The van der Waals surface area contributed by atoms with E-state index in [2.05, 4.69) is 19.2 Å². The van der Waals surface area contributed by atoms with E-state index in [0.29, 0.717) is 5.69 Å². The lowest BCUT2D eigenvalue weighted by atomic mass is 10.0. The number of benzene rings is 3. The number of amides is 2. The molecule has 1 N–H and O–H groups in total. The van der Waals surface area contributed by atoms with E-state index in [0.717, 1.165) is 21.0 Å². The number of sulfonamides is 1. The summed E-state index contributed by atoms with van der Waals surface area (Å²) in [4.78, 5) is 28.7. The third-order valence-electron chi connectivity index (χ3n) is 6.60. The third kappa shape index (κ3) is 7.94. The van der Waals surface area contributed by atoms with Crippen LogP contribution in [-0.4, -0.2) is 43.3 Å². The van der Waals surface area contributed by atoms with Gasteiger partial charge in [0.2, 0.25) is 11.8 Å². The number of aryl methyl sites for hydroxylation is 1. The fourth-order valence-corrected chi connectivity index (χ4v) is 5.64. The average Bonchev–Trinajstić information content (AvgIpc) is 2.89. The number of anilines is 1. The molecule has 8 heteroatoms. The van der Waals surface area contributed by atoms with Crippen LogP contribution in [0.2, 0.25) is 0 Å². The van der Waals surface area contributed by atoms with Crippen molar-refractivity contribution in [2.45, 2.75) is 77.4 Å². The van der Waals surface area contributed by atoms with Gasteiger partial charge in [-0.15, -0.1) is 0 Å². The summed E-state index contributed by atoms with van der Waals surface area (Å²) in [5, 5.41) is 2.94. The van der Waals surface area contributed by atoms with Gasteiger partial charge in [-0.1, -0.05) is 74.0 Å². The van der Waals surface area contributed by atoms with Crippen LogP contribution in [0, 0.1) is 6.92 Å². The monoisotopic (exact) mass is 563 g/mol. The van der Waals surface area contributed by atoms with Crippen LogP contribution in [0.3, 0.4) is 0 Å². The summed E-state index contributed by atoms with van der Waals surface area (Å²) < 4.78 is 29.0. The van der Waals surface area contributed by atoms with Crippen molar-refractivity contribution in [2.75, 3.05) is 10.8 Å². The van der Waals surface area contributed by atoms with Crippen molar-refractivity contribution in [3.8, 4) is 0 Å². The van der Waals surface area contributed by atoms with Gasteiger partial charge in [0.15, 0.2) is 0 Å². The van der Waals surface area contributed by atoms with Gasteiger partial charge in [0.1, 0.15) is 12.6 Å². The van der Waals surface area contributed by atoms with Gasteiger partial charge in [-0.25, -0.2) is 8.42 Å². The highest BCUT2D eigenvalue weighted by molar-refractivity contribution is 7.92. The van der Waals surface area contributed by atoms with Gasteiger partial charge in [0, 0.05) is 12.1 Å². The van der Waals surface area contributed by atoms with E-state index in [9.17, 15) is 18.0 Å². The molecule has 0 aliphatic carbocycles. The molecule has 3 aromatic carbocycles. The Morgan fingerprint density at radius 3 is 1.95 bits per heavy atom. The number of carbonyl (C=O) groups is 2. The number of carbonyl (C=O) groups excluding carboxylic acids is 2. The second-order valence-electron chi connectivity index (χ2n) is 11.5. The maximum absolute atomic E-state index is 14.0. The second-order valence-corrected chi connectivity index (χ2v) is 13.4. The topological polar surface area (TPSA) is 86.8 Å². The summed E-state index contributed by atoms with van der Waals surface area (Å²) in [6.07, 6.45) is 0. The lowest BCUT2D eigenvalue weighted by Gasteiger charge is -2.33. The fourth-order valence-electron chi connectivity index (χ4n) is 4.23. The van der Waals surface area contributed by atoms with Crippen molar-refractivity contribution in [3.05, 3.63) is 95.6 Å². The highest BCUT2D eigenvalue weighted by Crippen LogP contribution is 2.27. The van der Waals surface area contributed by atoms with Crippen LogP contribution in [0.4, 0.5) is 5.69 Å². The molecule has 2 amide bonds. The van der Waals surface area contributed by atoms with Crippen LogP contribution < -0.4 is 9.62 Å². The molecule has 1 unspecified atom stereocenters. The highest BCUT2D eigenvalue weighted by Gasteiger charge is 2.33. The molecule has 40 heavy (non-hydrogen) atoms. The molecule has 0 bridgehead atoms. The molecule has 0 radical (unpaired) electrons. The number of hydrogen-bond donors (Lipinski definition) is 1. The standard InChI is InChI=1S/C32H41N3O4S/c1-23(2)27-15-17-28(18-16-27)35(40(38,39)29-19-13-24(3)14-20-29)22-30(36)34(21-26-11-9-8-10-12-26)25(4)31(37)33-32(5,6)7/h8-20,23,25H,21-22H2,1-7H3,(H,33,37). The molecule has 0 aliphatic rings. The van der Waals surface area contributed by atoms with Crippen molar-refractivity contribution < 1.29 is 18.0 Å². The molecular formula is C32H41N3O4S. The summed E-state index contributed by atoms with van der Waals surface area (Å²) in [5.74, 6) is -0.531. The van der Waals surface area contributed by atoms with E-state index in [-0.39, 0.29) is 23.3 Å². The second kappa shape index (κ2) is 12.7. The summed E-state index contributed by atoms with van der Waals surface area (Å²) in [5.41, 5.74) is 2.70. The molecule has 3 aromatic rings. The number of nitrogens with one attached hydrogen (secondary N) is 1. The van der Waals surface area contributed by atoms with Gasteiger partial charge in [0.25, 0.3) is 10.0 Å². The quantitative estimate of drug-likeness (QED) is 0.346. The minimum atomic E-state index is -4.09. The van der Waals surface area contributed by atoms with Gasteiger partial charge >= 0.3 is 0 Å². The van der Waals surface area contributed by atoms with Crippen molar-refractivity contribution in [2.24, 2.45) is 0 Å². The fraction of sp³-hybridized carbons (Fsp3) is 0.375.